The summed E-state index contributed by atoms with van der Waals surface area (Å²) >= 11 is 1.46. The van der Waals surface area contributed by atoms with Crippen LogP contribution in [0.2, 0.25) is 0 Å². The topological polar surface area (TPSA) is 75.7 Å². The summed E-state index contributed by atoms with van der Waals surface area (Å²) in [5.74, 6) is -0.579. The molecule has 2 aromatic rings. The minimum absolute atomic E-state index is 0.282. The van der Waals surface area contributed by atoms with E-state index in [0.717, 1.165) is 19.3 Å². The van der Waals surface area contributed by atoms with Crippen molar-refractivity contribution in [1.29, 1.82) is 0 Å². The van der Waals surface area contributed by atoms with Crippen molar-refractivity contribution >= 4 is 40.5 Å². The van der Waals surface area contributed by atoms with Crippen molar-refractivity contribution in [2.75, 3.05) is 16.8 Å². The van der Waals surface area contributed by atoms with E-state index >= 15 is 0 Å². The van der Waals surface area contributed by atoms with Crippen LogP contribution in [0.15, 0.2) is 30.3 Å². The number of carbonyl (C=O) groups excluding carboxylic acids is 3. The van der Waals surface area contributed by atoms with Crippen molar-refractivity contribution < 1.29 is 19.1 Å². The zero-order chi connectivity index (χ0) is 20.8. The molecule has 4 rings (SSSR count). The summed E-state index contributed by atoms with van der Waals surface area (Å²) in [6.45, 7) is 5.15. The fraction of sp³-hybridized carbons (Fsp3) is 0.409. The lowest BCUT2D eigenvalue weighted by Gasteiger charge is -2.41. The molecule has 2 heterocycles. The molecule has 1 atom stereocenters. The summed E-state index contributed by atoms with van der Waals surface area (Å²) in [6.07, 6.45) is 3.10. The first-order chi connectivity index (χ1) is 13.8. The molecule has 0 saturated heterocycles. The molecule has 0 spiro atoms. The molecular formula is C22H24N2O4S. The average Bonchev–Trinajstić information content (AvgIpc) is 3.10. The number of rotatable bonds is 3. The van der Waals surface area contributed by atoms with Gasteiger partial charge in [-0.2, -0.15) is 0 Å². The van der Waals surface area contributed by atoms with Crippen LogP contribution >= 0.6 is 11.3 Å². The van der Waals surface area contributed by atoms with Gasteiger partial charge in [0.2, 0.25) is 5.91 Å². The van der Waals surface area contributed by atoms with Crippen LogP contribution in [-0.2, 0) is 27.2 Å². The molecule has 1 aromatic carbocycles. The van der Waals surface area contributed by atoms with Crippen LogP contribution in [0.5, 0.6) is 0 Å². The maximum atomic E-state index is 13.0. The Bertz CT molecular complexity index is 994. The maximum Gasteiger partial charge on any atom is 0.348 e. The Labute approximate surface area is 173 Å². The number of hydrogen-bond donors (Lipinski definition) is 1. The van der Waals surface area contributed by atoms with Gasteiger partial charge in [0.25, 0.3) is 5.91 Å². The lowest BCUT2D eigenvalue weighted by atomic mass is 9.90. The SMILES string of the molecule is C[C@H]1CCc2sc(C(=O)OCC(=O)N3c4ccccc4NC(=O)C3(C)C)cc2C1. The summed E-state index contributed by atoms with van der Waals surface area (Å²) in [4.78, 5) is 41.2. The molecule has 2 aliphatic rings. The quantitative estimate of drug-likeness (QED) is 0.778. The van der Waals surface area contributed by atoms with Gasteiger partial charge in [0.05, 0.1) is 11.4 Å². The van der Waals surface area contributed by atoms with Crippen LogP contribution in [0.4, 0.5) is 11.4 Å². The van der Waals surface area contributed by atoms with Gasteiger partial charge in [0.15, 0.2) is 6.61 Å². The van der Waals surface area contributed by atoms with Crippen LogP contribution in [-0.4, -0.2) is 29.9 Å². The third-order valence-corrected chi connectivity index (χ3v) is 6.83. The van der Waals surface area contributed by atoms with E-state index in [-0.39, 0.29) is 5.91 Å². The van der Waals surface area contributed by atoms with Gasteiger partial charge < -0.3 is 10.1 Å². The highest BCUT2D eigenvalue weighted by Crippen LogP contribution is 2.37. The van der Waals surface area contributed by atoms with Crippen molar-refractivity contribution in [2.24, 2.45) is 5.92 Å². The maximum absolute atomic E-state index is 13.0. The van der Waals surface area contributed by atoms with E-state index in [1.807, 2.05) is 6.07 Å². The van der Waals surface area contributed by atoms with Crippen molar-refractivity contribution in [3.63, 3.8) is 0 Å². The van der Waals surface area contributed by atoms with Crippen LogP contribution in [0, 0.1) is 5.92 Å². The van der Waals surface area contributed by atoms with Crippen molar-refractivity contribution in [1.82, 2.24) is 0 Å². The lowest BCUT2D eigenvalue weighted by molar-refractivity contribution is -0.128. The number of nitrogens with zero attached hydrogens (tertiary/aromatic N) is 1. The molecule has 29 heavy (non-hydrogen) atoms. The van der Waals surface area contributed by atoms with Gasteiger partial charge in [0.1, 0.15) is 10.4 Å². The molecule has 7 heteroatoms. The number of carbonyl (C=O) groups is 3. The molecule has 152 valence electrons. The molecule has 1 aromatic heterocycles. The molecule has 1 N–H and O–H groups in total. The Hall–Kier alpha value is -2.67. The van der Waals surface area contributed by atoms with E-state index in [1.54, 1.807) is 38.1 Å². The van der Waals surface area contributed by atoms with Crippen LogP contribution < -0.4 is 10.2 Å². The predicted molar refractivity (Wildman–Crippen MR) is 112 cm³/mol. The normalized spacial score (nSPS) is 19.8. The Morgan fingerprint density at radius 1 is 1.31 bits per heavy atom. The molecule has 0 unspecified atom stereocenters. The van der Waals surface area contributed by atoms with E-state index in [9.17, 15) is 14.4 Å². The van der Waals surface area contributed by atoms with Crippen LogP contribution in [0.3, 0.4) is 0 Å². The monoisotopic (exact) mass is 412 g/mol. The first-order valence-corrected chi connectivity index (χ1v) is 10.6. The summed E-state index contributed by atoms with van der Waals surface area (Å²) in [7, 11) is 0. The van der Waals surface area contributed by atoms with Crippen molar-refractivity contribution in [3.05, 3.63) is 45.6 Å². The molecule has 2 amide bonds. The predicted octanol–water partition coefficient (Wildman–Crippen LogP) is 3.79. The molecule has 0 bridgehead atoms. The number of nitrogens with one attached hydrogen (secondary N) is 1. The van der Waals surface area contributed by atoms with Gasteiger partial charge in [-0.05, 0) is 62.8 Å². The molecular weight excluding hydrogens is 388 g/mol. The standard InChI is InChI=1S/C22H24N2O4S/c1-13-8-9-17-14(10-13)11-18(29-17)20(26)28-12-19(25)24-16-7-5-4-6-15(16)23-21(27)22(24,2)3/h4-7,11,13H,8-10,12H2,1-3H3,(H,23,27)/t13-/m0/s1. The highest BCUT2D eigenvalue weighted by atomic mass is 32.1. The number of benzene rings is 1. The zero-order valence-corrected chi connectivity index (χ0v) is 17.6. The number of aryl methyl sites for hydroxylation is 1. The van der Waals surface area contributed by atoms with E-state index < -0.39 is 24.0 Å². The van der Waals surface area contributed by atoms with Gasteiger partial charge >= 0.3 is 5.97 Å². The van der Waals surface area contributed by atoms with E-state index in [1.165, 1.54) is 26.7 Å². The minimum Gasteiger partial charge on any atom is -0.451 e. The molecule has 0 saturated carbocycles. The Morgan fingerprint density at radius 2 is 2.07 bits per heavy atom. The Balaban J connectivity index is 1.49. The third kappa shape index (κ3) is 3.55. The first kappa shape index (κ1) is 19.6. The summed E-state index contributed by atoms with van der Waals surface area (Å²) < 4.78 is 5.34. The lowest BCUT2D eigenvalue weighted by Crippen LogP contribution is -2.59. The van der Waals surface area contributed by atoms with Gasteiger partial charge in [-0.15, -0.1) is 11.3 Å². The fourth-order valence-corrected chi connectivity index (χ4v) is 5.07. The molecule has 0 radical (unpaired) electrons. The molecule has 1 aliphatic heterocycles. The number of ether oxygens (including phenoxy) is 1. The van der Waals surface area contributed by atoms with Gasteiger partial charge in [-0.25, -0.2) is 4.79 Å². The number of fused-ring (bicyclic) bond motifs is 2. The number of thiophene rings is 1. The number of hydrogen-bond acceptors (Lipinski definition) is 5. The molecule has 0 fully saturated rings. The first-order valence-electron chi connectivity index (χ1n) is 9.79. The number of esters is 1. The highest BCUT2D eigenvalue weighted by molar-refractivity contribution is 7.14. The summed E-state index contributed by atoms with van der Waals surface area (Å²) in [6, 6.07) is 9.00. The average molecular weight is 413 g/mol. The number of anilines is 2. The zero-order valence-electron chi connectivity index (χ0n) is 16.8. The second kappa shape index (κ2) is 7.30. The molecule has 6 nitrogen and oxygen atoms in total. The second-order valence-corrected chi connectivity index (χ2v) is 9.38. The molecule has 1 aliphatic carbocycles. The summed E-state index contributed by atoms with van der Waals surface area (Å²) in [5.41, 5.74) is 1.29. The summed E-state index contributed by atoms with van der Waals surface area (Å²) in [5, 5.41) is 2.82. The van der Waals surface area contributed by atoms with E-state index in [2.05, 4.69) is 12.2 Å². The van der Waals surface area contributed by atoms with Crippen LogP contribution in [0.1, 0.15) is 47.3 Å². The van der Waals surface area contributed by atoms with Crippen molar-refractivity contribution in [3.8, 4) is 0 Å². The third-order valence-electron chi connectivity index (χ3n) is 5.61. The Morgan fingerprint density at radius 3 is 2.86 bits per heavy atom. The smallest absolute Gasteiger partial charge is 0.348 e. The van der Waals surface area contributed by atoms with Crippen molar-refractivity contribution in [2.45, 2.75) is 45.6 Å². The van der Waals surface area contributed by atoms with Gasteiger partial charge in [-0.3, -0.25) is 14.5 Å². The second-order valence-electron chi connectivity index (χ2n) is 8.24. The largest absolute Gasteiger partial charge is 0.451 e. The minimum atomic E-state index is -1.09. The fourth-order valence-electron chi connectivity index (χ4n) is 3.97. The van der Waals surface area contributed by atoms with E-state index in [4.69, 9.17) is 4.74 Å². The highest BCUT2D eigenvalue weighted by Gasteiger charge is 2.43. The number of para-hydroxylation sites is 2. The van der Waals surface area contributed by atoms with Crippen LogP contribution in [0.25, 0.3) is 0 Å². The van der Waals surface area contributed by atoms with Gasteiger partial charge in [0, 0.05) is 4.88 Å². The Kier molecular flexibility index (Phi) is 4.94. The van der Waals surface area contributed by atoms with E-state index in [0.29, 0.717) is 22.2 Å². The number of amides is 2. The van der Waals surface area contributed by atoms with Gasteiger partial charge in [-0.1, -0.05) is 19.1 Å².